The van der Waals surface area contributed by atoms with E-state index in [1.807, 2.05) is 22.9 Å². The van der Waals surface area contributed by atoms with Crippen LogP contribution in [0.25, 0.3) is 0 Å². The number of methoxy groups -OCH3 is 1. The number of carbonyl (C=O) groups excluding carboxylic acids is 1. The maximum atomic E-state index is 13.1. The van der Waals surface area contributed by atoms with Gasteiger partial charge in [0.25, 0.3) is 5.91 Å². The maximum Gasteiger partial charge on any atom is 0.260 e. The largest absolute Gasteiger partial charge is 0.497 e. The number of carbonyl (C=O) groups is 1. The van der Waals surface area contributed by atoms with Crippen LogP contribution in [0.3, 0.4) is 0 Å². The Morgan fingerprint density at radius 3 is 2.54 bits per heavy atom. The summed E-state index contributed by atoms with van der Waals surface area (Å²) in [7, 11) is 1.61. The van der Waals surface area contributed by atoms with Crippen LogP contribution in [-0.4, -0.2) is 33.8 Å². The van der Waals surface area contributed by atoms with E-state index in [9.17, 15) is 4.79 Å². The second-order valence-corrected chi connectivity index (χ2v) is 6.42. The van der Waals surface area contributed by atoms with Crippen molar-refractivity contribution in [3.8, 4) is 5.75 Å². The lowest BCUT2D eigenvalue weighted by Gasteiger charge is -2.37. The zero-order valence-corrected chi connectivity index (χ0v) is 14.7. The highest BCUT2D eigenvalue weighted by Gasteiger charge is 2.36. The number of rotatable bonds is 3. The van der Waals surface area contributed by atoms with Gasteiger partial charge in [0, 0.05) is 11.6 Å². The molecule has 0 unspecified atom stereocenters. The molecule has 1 amide bonds. The van der Waals surface area contributed by atoms with Gasteiger partial charge in [-0.2, -0.15) is 10.1 Å². The van der Waals surface area contributed by atoms with E-state index in [-0.39, 0.29) is 18.0 Å². The van der Waals surface area contributed by atoms with Crippen molar-refractivity contribution in [2.75, 3.05) is 12.0 Å². The number of anilines is 1. The van der Waals surface area contributed by atoms with Crippen molar-refractivity contribution in [1.29, 1.82) is 0 Å². The van der Waals surface area contributed by atoms with E-state index in [1.165, 1.54) is 11.9 Å². The molecule has 0 saturated heterocycles. The van der Waals surface area contributed by atoms with E-state index >= 15 is 0 Å². The van der Waals surface area contributed by atoms with Gasteiger partial charge in [0.15, 0.2) is 0 Å². The standard InChI is InChI=1S/C20H20N4O2/c1-14-12-18(15-6-4-3-5-7-15)24-20(21-13-22-24)23(14)19(25)16-8-10-17(26-2)11-9-16/h3-11,13-14,18H,12H2,1-2H3/t14-,18+/m0/s1. The number of benzene rings is 2. The molecule has 1 aliphatic heterocycles. The summed E-state index contributed by atoms with van der Waals surface area (Å²) in [5.41, 5.74) is 1.77. The molecule has 3 aromatic rings. The Bertz CT molecular complexity index is 905. The molecule has 132 valence electrons. The summed E-state index contributed by atoms with van der Waals surface area (Å²) < 4.78 is 7.02. The predicted octanol–water partition coefficient (Wildman–Crippen LogP) is 3.32. The van der Waals surface area contributed by atoms with E-state index in [0.717, 1.165) is 12.2 Å². The van der Waals surface area contributed by atoms with Crippen molar-refractivity contribution in [3.05, 3.63) is 72.1 Å². The molecule has 0 bridgehead atoms. The van der Waals surface area contributed by atoms with Gasteiger partial charge in [-0.05, 0) is 43.2 Å². The summed E-state index contributed by atoms with van der Waals surface area (Å²) in [5.74, 6) is 1.22. The van der Waals surface area contributed by atoms with Crippen LogP contribution in [0.1, 0.15) is 35.3 Å². The maximum absolute atomic E-state index is 13.1. The summed E-state index contributed by atoms with van der Waals surface area (Å²) in [6.45, 7) is 2.05. The molecule has 4 rings (SSSR count). The average molecular weight is 348 g/mol. The summed E-state index contributed by atoms with van der Waals surface area (Å²) in [6.07, 6.45) is 2.29. The molecular formula is C20H20N4O2. The summed E-state index contributed by atoms with van der Waals surface area (Å²) in [5, 5.41) is 4.39. The normalized spacial score (nSPS) is 19.1. The Kier molecular flexibility index (Phi) is 4.16. The van der Waals surface area contributed by atoms with Gasteiger partial charge in [0.1, 0.15) is 12.1 Å². The first-order chi connectivity index (χ1) is 12.7. The lowest BCUT2D eigenvalue weighted by Crippen LogP contribution is -2.46. The SMILES string of the molecule is COc1ccc(C(=O)N2c3ncnn3[C@@H](c3ccccc3)C[C@@H]2C)cc1. The fraction of sp³-hybridized carbons (Fsp3) is 0.250. The molecule has 0 radical (unpaired) electrons. The zero-order valence-electron chi connectivity index (χ0n) is 14.7. The lowest BCUT2D eigenvalue weighted by molar-refractivity contribution is 0.0966. The van der Waals surface area contributed by atoms with Crippen LogP contribution in [0.2, 0.25) is 0 Å². The van der Waals surface area contributed by atoms with E-state index in [2.05, 4.69) is 29.1 Å². The Balaban J connectivity index is 1.70. The van der Waals surface area contributed by atoms with Gasteiger partial charge < -0.3 is 4.74 Å². The van der Waals surface area contributed by atoms with Gasteiger partial charge in [0.05, 0.1) is 13.2 Å². The first-order valence-electron chi connectivity index (χ1n) is 8.61. The number of fused-ring (bicyclic) bond motifs is 1. The highest BCUT2D eigenvalue weighted by molar-refractivity contribution is 6.05. The minimum Gasteiger partial charge on any atom is -0.497 e. The molecule has 2 atom stereocenters. The van der Waals surface area contributed by atoms with Crippen molar-refractivity contribution < 1.29 is 9.53 Å². The van der Waals surface area contributed by atoms with Crippen molar-refractivity contribution in [2.45, 2.75) is 25.4 Å². The zero-order chi connectivity index (χ0) is 18.1. The quantitative estimate of drug-likeness (QED) is 0.728. The number of amides is 1. The van der Waals surface area contributed by atoms with Gasteiger partial charge in [-0.1, -0.05) is 30.3 Å². The third-order valence-electron chi connectivity index (χ3n) is 4.81. The molecule has 2 heterocycles. The Labute approximate surface area is 152 Å². The molecule has 1 aromatic heterocycles. The first kappa shape index (κ1) is 16.3. The van der Waals surface area contributed by atoms with Gasteiger partial charge in [-0.25, -0.2) is 4.68 Å². The van der Waals surface area contributed by atoms with Gasteiger partial charge in [-0.3, -0.25) is 9.69 Å². The van der Waals surface area contributed by atoms with Gasteiger partial charge >= 0.3 is 0 Å². The van der Waals surface area contributed by atoms with Crippen LogP contribution < -0.4 is 9.64 Å². The van der Waals surface area contributed by atoms with Crippen LogP contribution in [0, 0.1) is 0 Å². The number of hydrogen-bond acceptors (Lipinski definition) is 4. The van der Waals surface area contributed by atoms with Crippen molar-refractivity contribution in [3.63, 3.8) is 0 Å². The third-order valence-corrected chi connectivity index (χ3v) is 4.81. The van der Waals surface area contributed by atoms with Crippen LogP contribution in [-0.2, 0) is 0 Å². The summed E-state index contributed by atoms with van der Waals surface area (Å²) in [6, 6.07) is 17.4. The fourth-order valence-corrected chi connectivity index (χ4v) is 3.48. The molecule has 0 N–H and O–H groups in total. The Morgan fingerprint density at radius 1 is 1.12 bits per heavy atom. The molecule has 6 nitrogen and oxygen atoms in total. The van der Waals surface area contributed by atoms with E-state index < -0.39 is 0 Å². The van der Waals surface area contributed by atoms with Gasteiger partial charge in [-0.15, -0.1) is 0 Å². The number of nitrogens with zero attached hydrogens (tertiary/aromatic N) is 4. The third kappa shape index (κ3) is 2.73. The number of ether oxygens (including phenoxy) is 1. The molecular weight excluding hydrogens is 328 g/mol. The number of hydrogen-bond donors (Lipinski definition) is 0. The van der Waals surface area contributed by atoms with Gasteiger partial charge in [0.2, 0.25) is 5.95 Å². The fourth-order valence-electron chi connectivity index (χ4n) is 3.48. The van der Waals surface area contributed by atoms with E-state index in [4.69, 9.17) is 4.74 Å². The molecule has 6 heteroatoms. The van der Waals surface area contributed by atoms with Crippen LogP contribution in [0.15, 0.2) is 60.9 Å². The highest BCUT2D eigenvalue weighted by atomic mass is 16.5. The number of aromatic nitrogens is 3. The minimum absolute atomic E-state index is 0.00603. The van der Waals surface area contributed by atoms with Crippen LogP contribution in [0.4, 0.5) is 5.95 Å². The predicted molar refractivity (Wildman–Crippen MR) is 98.5 cm³/mol. The second-order valence-electron chi connectivity index (χ2n) is 6.42. The van der Waals surface area contributed by atoms with Crippen molar-refractivity contribution in [2.24, 2.45) is 0 Å². The van der Waals surface area contributed by atoms with Crippen molar-refractivity contribution in [1.82, 2.24) is 14.8 Å². The molecule has 26 heavy (non-hydrogen) atoms. The summed E-state index contributed by atoms with van der Waals surface area (Å²) in [4.78, 5) is 19.2. The van der Waals surface area contributed by atoms with Crippen molar-refractivity contribution >= 4 is 11.9 Å². The molecule has 0 fully saturated rings. The highest BCUT2D eigenvalue weighted by Crippen LogP contribution is 2.35. The molecule has 1 aliphatic rings. The molecule has 2 aromatic carbocycles. The topological polar surface area (TPSA) is 60.2 Å². The Morgan fingerprint density at radius 2 is 1.85 bits per heavy atom. The first-order valence-corrected chi connectivity index (χ1v) is 8.61. The average Bonchev–Trinajstić information content (AvgIpc) is 3.17. The molecule has 0 spiro atoms. The molecule has 0 aliphatic carbocycles. The second kappa shape index (κ2) is 6.63. The minimum atomic E-state index is -0.0825. The van der Waals surface area contributed by atoms with E-state index in [0.29, 0.717) is 11.5 Å². The van der Waals surface area contributed by atoms with Crippen LogP contribution >= 0.6 is 0 Å². The smallest absolute Gasteiger partial charge is 0.260 e. The lowest BCUT2D eigenvalue weighted by atomic mass is 9.97. The molecule has 0 saturated carbocycles. The summed E-state index contributed by atoms with van der Waals surface area (Å²) >= 11 is 0. The van der Waals surface area contributed by atoms with E-state index in [1.54, 1.807) is 36.3 Å². The monoisotopic (exact) mass is 348 g/mol. The Hall–Kier alpha value is -3.15. The van der Waals surface area contributed by atoms with Crippen LogP contribution in [0.5, 0.6) is 5.75 Å².